The lowest BCUT2D eigenvalue weighted by Crippen LogP contribution is -2.18. The summed E-state index contributed by atoms with van der Waals surface area (Å²) < 4.78 is 0.972. The van der Waals surface area contributed by atoms with E-state index in [-0.39, 0.29) is 5.92 Å². The van der Waals surface area contributed by atoms with Crippen LogP contribution >= 0.6 is 15.9 Å². The van der Waals surface area contributed by atoms with Gasteiger partial charge in [0.25, 0.3) is 0 Å². The van der Waals surface area contributed by atoms with E-state index in [1.54, 1.807) is 6.20 Å². The number of H-pyrrole nitrogens is 1. The zero-order chi connectivity index (χ0) is 14.0. The second-order valence-corrected chi connectivity index (χ2v) is 5.67. The summed E-state index contributed by atoms with van der Waals surface area (Å²) >= 11 is 3.41. The fraction of sp³-hybridized carbons (Fsp3) is 0.286. The smallest absolute Gasteiger partial charge is 0.314 e. The number of halogens is 1. The molecule has 1 aromatic heterocycles. The van der Waals surface area contributed by atoms with E-state index < -0.39 is 11.9 Å². The van der Waals surface area contributed by atoms with Crippen LogP contribution in [-0.4, -0.2) is 21.0 Å². The van der Waals surface area contributed by atoms with Gasteiger partial charge in [0, 0.05) is 10.0 Å². The molecule has 4 nitrogen and oxygen atoms in total. The van der Waals surface area contributed by atoms with Crippen molar-refractivity contribution < 1.29 is 9.90 Å². The molecule has 0 saturated heterocycles. The van der Waals surface area contributed by atoms with Gasteiger partial charge in [-0.15, -0.1) is 0 Å². The topological polar surface area (TPSA) is 66.0 Å². The number of rotatable bonds is 4. The summed E-state index contributed by atoms with van der Waals surface area (Å²) in [4.78, 5) is 18.6. The van der Waals surface area contributed by atoms with Gasteiger partial charge in [-0.05, 0) is 18.1 Å². The van der Waals surface area contributed by atoms with E-state index in [9.17, 15) is 9.90 Å². The van der Waals surface area contributed by atoms with Gasteiger partial charge >= 0.3 is 5.97 Å². The molecule has 0 aliphatic rings. The van der Waals surface area contributed by atoms with Gasteiger partial charge in [-0.25, -0.2) is 4.98 Å². The van der Waals surface area contributed by atoms with E-state index in [2.05, 4.69) is 25.9 Å². The predicted octanol–water partition coefficient (Wildman–Crippen LogP) is 3.66. The minimum absolute atomic E-state index is 0.0148. The molecule has 1 heterocycles. The third-order valence-electron chi connectivity index (χ3n) is 2.96. The molecule has 0 aliphatic carbocycles. The number of hydrogen-bond donors (Lipinski definition) is 2. The maximum absolute atomic E-state index is 11.3. The second kappa shape index (κ2) is 5.57. The summed E-state index contributed by atoms with van der Waals surface area (Å²) in [6.07, 6.45) is 1.68. The fourth-order valence-corrected chi connectivity index (χ4v) is 2.41. The van der Waals surface area contributed by atoms with E-state index >= 15 is 0 Å². The van der Waals surface area contributed by atoms with Gasteiger partial charge in [-0.1, -0.05) is 41.9 Å². The lowest BCUT2D eigenvalue weighted by Gasteiger charge is -2.13. The third-order valence-corrected chi connectivity index (χ3v) is 3.45. The Morgan fingerprint density at radius 2 is 2.16 bits per heavy atom. The van der Waals surface area contributed by atoms with Crippen LogP contribution in [0.25, 0.3) is 11.3 Å². The van der Waals surface area contributed by atoms with Gasteiger partial charge in [0.05, 0.1) is 11.9 Å². The standard InChI is InChI=1S/C14H15BrN2O2/c1-8(2)12(14(18)19)13-16-7-11(17-13)9-4-3-5-10(15)6-9/h3-8,12H,1-2H3,(H,16,17)(H,18,19). The van der Waals surface area contributed by atoms with Gasteiger partial charge in [-0.2, -0.15) is 0 Å². The molecule has 19 heavy (non-hydrogen) atoms. The van der Waals surface area contributed by atoms with E-state index in [0.717, 1.165) is 15.7 Å². The molecule has 0 spiro atoms. The van der Waals surface area contributed by atoms with E-state index in [1.807, 2.05) is 38.1 Å². The maximum atomic E-state index is 11.3. The van der Waals surface area contributed by atoms with Crippen LogP contribution < -0.4 is 0 Å². The number of hydrogen-bond acceptors (Lipinski definition) is 2. The Balaban J connectivity index is 2.35. The summed E-state index contributed by atoms with van der Waals surface area (Å²) in [6, 6.07) is 7.78. The lowest BCUT2D eigenvalue weighted by atomic mass is 9.95. The number of benzene rings is 1. The predicted molar refractivity (Wildman–Crippen MR) is 76.9 cm³/mol. The normalized spacial score (nSPS) is 12.6. The van der Waals surface area contributed by atoms with Crippen molar-refractivity contribution in [2.75, 3.05) is 0 Å². The first kappa shape index (κ1) is 13.8. The Morgan fingerprint density at radius 3 is 2.74 bits per heavy atom. The summed E-state index contributed by atoms with van der Waals surface area (Å²) in [5, 5.41) is 9.25. The van der Waals surface area contributed by atoms with E-state index in [4.69, 9.17) is 0 Å². The van der Waals surface area contributed by atoms with Gasteiger partial charge in [0.15, 0.2) is 0 Å². The highest BCUT2D eigenvalue weighted by atomic mass is 79.9. The summed E-state index contributed by atoms with van der Waals surface area (Å²) in [6.45, 7) is 3.75. The largest absolute Gasteiger partial charge is 0.481 e. The molecule has 0 fully saturated rings. The number of imidazole rings is 1. The van der Waals surface area contributed by atoms with Crippen LogP contribution in [0, 0.1) is 5.92 Å². The van der Waals surface area contributed by atoms with E-state index in [0.29, 0.717) is 5.82 Å². The molecule has 2 aromatic rings. The summed E-state index contributed by atoms with van der Waals surface area (Å²) in [5.74, 6) is -0.984. The number of aromatic nitrogens is 2. The average molecular weight is 323 g/mol. The first-order valence-electron chi connectivity index (χ1n) is 6.02. The molecule has 0 amide bonds. The number of carboxylic acids is 1. The number of aliphatic carboxylic acids is 1. The Morgan fingerprint density at radius 1 is 1.42 bits per heavy atom. The van der Waals surface area contributed by atoms with Gasteiger partial charge in [0.1, 0.15) is 11.7 Å². The Hall–Kier alpha value is -1.62. The van der Waals surface area contributed by atoms with E-state index in [1.165, 1.54) is 0 Å². The van der Waals surface area contributed by atoms with Crippen molar-refractivity contribution in [3.05, 3.63) is 40.8 Å². The molecule has 2 N–H and O–H groups in total. The Kier molecular flexibility index (Phi) is 4.04. The lowest BCUT2D eigenvalue weighted by molar-refractivity contribution is -0.140. The molecule has 0 saturated carbocycles. The number of carbonyl (C=O) groups is 1. The fourth-order valence-electron chi connectivity index (χ4n) is 2.02. The van der Waals surface area contributed by atoms with Crippen molar-refractivity contribution in [1.82, 2.24) is 9.97 Å². The highest BCUT2D eigenvalue weighted by Gasteiger charge is 2.26. The molecule has 2 rings (SSSR count). The highest BCUT2D eigenvalue weighted by molar-refractivity contribution is 9.10. The molecule has 0 bridgehead atoms. The van der Waals surface area contributed by atoms with Crippen molar-refractivity contribution in [2.45, 2.75) is 19.8 Å². The zero-order valence-corrected chi connectivity index (χ0v) is 12.3. The SMILES string of the molecule is CC(C)C(C(=O)O)c1ncc(-c2cccc(Br)c2)[nH]1. The van der Waals surface area contributed by atoms with Crippen LogP contribution in [0.4, 0.5) is 0 Å². The summed E-state index contributed by atoms with van der Waals surface area (Å²) in [7, 11) is 0. The van der Waals surface area contributed by atoms with Crippen LogP contribution in [0.1, 0.15) is 25.6 Å². The van der Waals surface area contributed by atoms with Crippen LogP contribution in [0.3, 0.4) is 0 Å². The zero-order valence-electron chi connectivity index (χ0n) is 10.7. The minimum atomic E-state index is -0.856. The average Bonchev–Trinajstić information content (AvgIpc) is 2.77. The molecule has 100 valence electrons. The van der Waals surface area contributed by atoms with Crippen molar-refractivity contribution in [3.8, 4) is 11.3 Å². The van der Waals surface area contributed by atoms with Crippen molar-refractivity contribution in [1.29, 1.82) is 0 Å². The van der Waals surface area contributed by atoms with Gasteiger partial charge < -0.3 is 10.1 Å². The summed E-state index contributed by atoms with van der Waals surface area (Å²) in [5.41, 5.74) is 1.80. The Labute approximate surface area is 120 Å². The Bertz CT molecular complexity index is 593. The van der Waals surface area contributed by atoms with Gasteiger partial charge in [0.2, 0.25) is 0 Å². The monoisotopic (exact) mass is 322 g/mol. The number of aromatic amines is 1. The van der Waals surface area contributed by atoms with Crippen LogP contribution in [-0.2, 0) is 4.79 Å². The number of nitrogens with zero attached hydrogens (tertiary/aromatic N) is 1. The molecular weight excluding hydrogens is 308 g/mol. The molecular formula is C14H15BrN2O2. The number of nitrogens with one attached hydrogen (secondary N) is 1. The number of carboxylic acid groups (broad SMARTS) is 1. The molecule has 0 aliphatic heterocycles. The molecule has 0 radical (unpaired) electrons. The highest BCUT2D eigenvalue weighted by Crippen LogP contribution is 2.26. The molecule has 1 unspecified atom stereocenters. The first-order chi connectivity index (χ1) is 8.99. The molecule has 1 aromatic carbocycles. The first-order valence-corrected chi connectivity index (χ1v) is 6.82. The van der Waals surface area contributed by atoms with Crippen LogP contribution in [0.2, 0.25) is 0 Å². The third kappa shape index (κ3) is 3.04. The second-order valence-electron chi connectivity index (χ2n) is 4.75. The molecule has 1 atom stereocenters. The maximum Gasteiger partial charge on any atom is 0.314 e. The van der Waals surface area contributed by atoms with Crippen molar-refractivity contribution >= 4 is 21.9 Å². The molecule has 5 heteroatoms. The quantitative estimate of drug-likeness (QED) is 0.902. The minimum Gasteiger partial charge on any atom is -0.481 e. The van der Waals surface area contributed by atoms with Gasteiger partial charge in [-0.3, -0.25) is 4.79 Å². The van der Waals surface area contributed by atoms with Crippen molar-refractivity contribution in [3.63, 3.8) is 0 Å². The van der Waals surface area contributed by atoms with Crippen LogP contribution in [0.5, 0.6) is 0 Å². The van der Waals surface area contributed by atoms with Crippen LogP contribution in [0.15, 0.2) is 34.9 Å². The van der Waals surface area contributed by atoms with Crippen molar-refractivity contribution in [2.24, 2.45) is 5.92 Å².